The zero-order valence-corrected chi connectivity index (χ0v) is 7.48. The highest BCUT2D eigenvalue weighted by Crippen LogP contribution is 2.20. The zero-order valence-electron chi connectivity index (χ0n) is 6.73. The molecule has 1 aromatic rings. The highest BCUT2D eigenvalue weighted by Gasteiger charge is 2.05. The Kier molecular flexibility index (Phi) is 3.39. The smallest absolute Gasteiger partial charge is 0.160 e. The predicted octanol–water partition coefficient (Wildman–Crippen LogP) is 2.59. The summed E-state index contributed by atoms with van der Waals surface area (Å²) in [5.74, 6) is -1.86. The maximum absolute atomic E-state index is 12.7. The van der Waals surface area contributed by atoms with Crippen LogP contribution in [0.25, 0.3) is 6.08 Å². The van der Waals surface area contributed by atoms with Gasteiger partial charge in [0, 0.05) is 6.54 Å². The third-order valence-corrected chi connectivity index (χ3v) is 1.80. The Balaban J connectivity index is 3.08. The Morgan fingerprint density at radius 2 is 1.92 bits per heavy atom. The summed E-state index contributed by atoms with van der Waals surface area (Å²) < 4.78 is 25.3. The molecule has 1 rings (SSSR count). The van der Waals surface area contributed by atoms with Crippen LogP contribution in [0.5, 0.6) is 0 Å². The molecule has 0 fully saturated rings. The van der Waals surface area contributed by atoms with E-state index < -0.39 is 11.6 Å². The van der Waals surface area contributed by atoms with Crippen molar-refractivity contribution in [2.75, 3.05) is 6.54 Å². The van der Waals surface area contributed by atoms with E-state index in [1.54, 1.807) is 12.2 Å². The van der Waals surface area contributed by atoms with E-state index in [4.69, 9.17) is 17.3 Å². The van der Waals surface area contributed by atoms with Crippen molar-refractivity contribution in [3.8, 4) is 0 Å². The highest BCUT2D eigenvalue weighted by molar-refractivity contribution is 6.32. The second-order valence-corrected chi connectivity index (χ2v) is 2.83. The van der Waals surface area contributed by atoms with Crippen molar-refractivity contribution in [2.45, 2.75) is 0 Å². The second kappa shape index (κ2) is 4.35. The number of nitrogens with two attached hydrogens (primary N) is 1. The van der Waals surface area contributed by atoms with Crippen LogP contribution in [0.15, 0.2) is 18.2 Å². The third-order valence-electron chi connectivity index (χ3n) is 1.47. The normalized spacial score (nSPS) is 11.1. The largest absolute Gasteiger partial charge is 0.327 e. The van der Waals surface area contributed by atoms with Gasteiger partial charge in [-0.2, -0.15) is 0 Å². The Morgan fingerprint density at radius 1 is 1.31 bits per heavy atom. The lowest BCUT2D eigenvalue weighted by atomic mass is 10.2. The fourth-order valence-corrected chi connectivity index (χ4v) is 1.07. The minimum Gasteiger partial charge on any atom is -0.327 e. The molecule has 0 aliphatic heterocycles. The number of halogens is 3. The first kappa shape index (κ1) is 10.2. The summed E-state index contributed by atoms with van der Waals surface area (Å²) >= 11 is 5.64. The molecule has 13 heavy (non-hydrogen) atoms. The molecule has 0 spiro atoms. The van der Waals surface area contributed by atoms with Gasteiger partial charge in [0.1, 0.15) is 0 Å². The molecule has 2 N–H and O–H groups in total. The SMILES string of the molecule is NC/C=C/c1cc(F)c(F)cc1Cl. The Bertz CT molecular complexity index is 337. The molecule has 0 bridgehead atoms. The van der Waals surface area contributed by atoms with Crippen LogP contribution in [0, 0.1) is 11.6 Å². The van der Waals surface area contributed by atoms with E-state index in [1.807, 2.05) is 0 Å². The lowest BCUT2D eigenvalue weighted by Gasteiger charge is -1.99. The van der Waals surface area contributed by atoms with Gasteiger partial charge in [-0.1, -0.05) is 23.8 Å². The summed E-state index contributed by atoms with van der Waals surface area (Å²) in [5.41, 5.74) is 5.62. The predicted molar refractivity (Wildman–Crippen MR) is 49.5 cm³/mol. The van der Waals surface area contributed by atoms with Crippen LogP contribution >= 0.6 is 11.6 Å². The van der Waals surface area contributed by atoms with E-state index in [0.717, 1.165) is 12.1 Å². The van der Waals surface area contributed by atoms with Gasteiger partial charge in [0.15, 0.2) is 11.6 Å². The monoisotopic (exact) mass is 203 g/mol. The van der Waals surface area contributed by atoms with Gasteiger partial charge >= 0.3 is 0 Å². The average Bonchev–Trinajstić information content (AvgIpc) is 2.09. The van der Waals surface area contributed by atoms with E-state index in [1.165, 1.54) is 0 Å². The molecule has 0 unspecified atom stereocenters. The summed E-state index contributed by atoms with van der Waals surface area (Å²) in [6.07, 6.45) is 3.16. The quantitative estimate of drug-likeness (QED) is 0.735. The van der Waals surface area contributed by atoms with Gasteiger partial charge in [0.2, 0.25) is 0 Å². The van der Waals surface area contributed by atoms with Gasteiger partial charge < -0.3 is 5.73 Å². The van der Waals surface area contributed by atoms with Crippen LogP contribution in [0.4, 0.5) is 8.78 Å². The van der Waals surface area contributed by atoms with Gasteiger partial charge in [0.25, 0.3) is 0 Å². The minimum absolute atomic E-state index is 0.170. The first-order valence-electron chi connectivity index (χ1n) is 3.66. The lowest BCUT2D eigenvalue weighted by Crippen LogP contribution is -1.92. The third kappa shape index (κ3) is 2.50. The zero-order chi connectivity index (χ0) is 9.84. The molecular formula is C9H8ClF2N. The summed E-state index contributed by atoms with van der Waals surface area (Å²) in [6, 6.07) is 1.97. The van der Waals surface area contributed by atoms with Crippen LogP contribution in [0.2, 0.25) is 5.02 Å². The molecule has 0 aliphatic rings. The average molecular weight is 204 g/mol. The fraction of sp³-hybridized carbons (Fsp3) is 0.111. The van der Waals surface area contributed by atoms with Crippen LogP contribution in [0.1, 0.15) is 5.56 Å². The minimum atomic E-state index is -0.949. The summed E-state index contributed by atoms with van der Waals surface area (Å²) in [7, 11) is 0. The summed E-state index contributed by atoms with van der Waals surface area (Å²) in [6.45, 7) is 0.329. The Labute approximate surface area is 79.8 Å². The molecule has 0 heterocycles. The van der Waals surface area contributed by atoms with Gasteiger partial charge in [-0.15, -0.1) is 0 Å². The molecule has 1 aromatic carbocycles. The standard InChI is InChI=1S/C9H8ClF2N/c10-7-5-9(12)8(11)4-6(7)2-1-3-13/h1-2,4-5H,3,13H2/b2-1+. The van der Waals surface area contributed by atoms with Crippen LogP contribution in [-0.2, 0) is 0 Å². The van der Waals surface area contributed by atoms with Crippen molar-refractivity contribution >= 4 is 17.7 Å². The molecule has 0 saturated heterocycles. The fourth-order valence-electron chi connectivity index (χ4n) is 0.861. The number of benzene rings is 1. The maximum Gasteiger partial charge on any atom is 0.160 e. The van der Waals surface area contributed by atoms with Crippen LogP contribution in [0.3, 0.4) is 0 Å². The van der Waals surface area contributed by atoms with E-state index in [2.05, 4.69) is 0 Å². The first-order valence-corrected chi connectivity index (χ1v) is 4.04. The van der Waals surface area contributed by atoms with Crippen molar-refractivity contribution < 1.29 is 8.78 Å². The maximum atomic E-state index is 12.7. The van der Waals surface area contributed by atoms with E-state index in [0.29, 0.717) is 12.1 Å². The summed E-state index contributed by atoms with van der Waals surface area (Å²) in [5, 5.41) is 0.170. The van der Waals surface area contributed by atoms with Crippen molar-refractivity contribution in [3.05, 3.63) is 40.4 Å². The molecule has 0 radical (unpaired) electrons. The van der Waals surface area contributed by atoms with Gasteiger partial charge in [-0.3, -0.25) is 0 Å². The Morgan fingerprint density at radius 3 is 2.54 bits per heavy atom. The van der Waals surface area contributed by atoms with E-state index in [9.17, 15) is 8.78 Å². The van der Waals surface area contributed by atoms with Crippen molar-refractivity contribution in [1.82, 2.24) is 0 Å². The number of hydrogen-bond donors (Lipinski definition) is 1. The molecule has 1 nitrogen and oxygen atoms in total. The number of hydrogen-bond acceptors (Lipinski definition) is 1. The summed E-state index contributed by atoms with van der Waals surface area (Å²) in [4.78, 5) is 0. The second-order valence-electron chi connectivity index (χ2n) is 2.43. The topological polar surface area (TPSA) is 26.0 Å². The molecule has 70 valence electrons. The molecule has 0 amide bonds. The van der Waals surface area contributed by atoms with E-state index in [-0.39, 0.29) is 5.02 Å². The van der Waals surface area contributed by atoms with Crippen LogP contribution in [-0.4, -0.2) is 6.54 Å². The molecule has 4 heteroatoms. The van der Waals surface area contributed by atoms with Crippen molar-refractivity contribution in [3.63, 3.8) is 0 Å². The molecule has 0 aliphatic carbocycles. The van der Waals surface area contributed by atoms with Crippen molar-refractivity contribution in [1.29, 1.82) is 0 Å². The van der Waals surface area contributed by atoms with Crippen molar-refractivity contribution in [2.24, 2.45) is 5.73 Å². The van der Waals surface area contributed by atoms with E-state index >= 15 is 0 Å². The molecule has 0 atom stereocenters. The number of rotatable bonds is 2. The molecule has 0 saturated carbocycles. The van der Waals surface area contributed by atoms with Gasteiger partial charge in [-0.05, 0) is 17.7 Å². The molecular weight excluding hydrogens is 196 g/mol. The lowest BCUT2D eigenvalue weighted by molar-refractivity contribution is 0.508. The van der Waals surface area contributed by atoms with Crippen LogP contribution < -0.4 is 5.73 Å². The van der Waals surface area contributed by atoms with Gasteiger partial charge in [-0.25, -0.2) is 8.78 Å². The Hall–Kier alpha value is -0.930. The first-order chi connectivity index (χ1) is 6.15. The highest BCUT2D eigenvalue weighted by atomic mass is 35.5. The van der Waals surface area contributed by atoms with Gasteiger partial charge in [0.05, 0.1) is 5.02 Å². The molecule has 0 aromatic heterocycles.